The van der Waals surface area contributed by atoms with Crippen LogP contribution in [0, 0.1) is 16.6 Å². The Morgan fingerprint density at radius 3 is 2.21 bits per heavy atom. The first-order valence-corrected chi connectivity index (χ1v) is 12.5. The number of rotatable bonds is 7. The Kier molecular flexibility index (Phi) is 7.05. The highest BCUT2D eigenvalue weighted by Gasteiger charge is 2.50. The number of nitrogens with zero attached hydrogens (tertiary/aromatic N) is 2. The number of likely N-dealkylation sites (tertiary alicyclic amines) is 1. The van der Waals surface area contributed by atoms with E-state index < -0.39 is 19.7 Å². The Balaban J connectivity index is 2.45. The summed E-state index contributed by atoms with van der Waals surface area (Å²) >= 11 is 0. The predicted molar refractivity (Wildman–Crippen MR) is 115 cm³/mol. The molecule has 0 radical (unpaired) electrons. The first-order chi connectivity index (χ1) is 13.0. The maximum atomic E-state index is 13.9. The van der Waals surface area contributed by atoms with E-state index in [0.29, 0.717) is 23.2 Å². The van der Waals surface area contributed by atoms with E-state index in [1.165, 1.54) is 22.9 Å². The Morgan fingerprint density at radius 2 is 1.75 bits per heavy atom. The molecule has 1 unspecified atom stereocenters. The molecule has 0 bridgehead atoms. The van der Waals surface area contributed by atoms with Crippen molar-refractivity contribution in [2.24, 2.45) is 0 Å². The molecule has 0 saturated carbocycles. The topological polar surface area (TPSA) is 65.1 Å². The van der Waals surface area contributed by atoms with E-state index in [2.05, 4.69) is 46.4 Å². The summed E-state index contributed by atoms with van der Waals surface area (Å²) < 4.78 is 22.1. The molecule has 1 aromatic heterocycles. The van der Waals surface area contributed by atoms with Gasteiger partial charge in [-0.15, -0.1) is 0 Å². The first-order valence-electron chi connectivity index (χ1n) is 10.4. The molecule has 2 heterocycles. The third-order valence-electron chi connectivity index (χ3n) is 6.68. The van der Waals surface area contributed by atoms with Gasteiger partial charge in [0.25, 0.3) is 0 Å². The van der Waals surface area contributed by atoms with Crippen LogP contribution in [-0.4, -0.2) is 49.4 Å². The van der Waals surface area contributed by atoms with Gasteiger partial charge in [0.1, 0.15) is 22.7 Å². The molecule has 1 aliphatic heterocycles. The van der Waals surface area contributed by atoms with E-state index in [4.69, 9.17) is 15.2 Å². The molecule has 0 amide bonds. The maximum absolute atomic E-state index is 13.9. The highest BCUT2D eigenvalue weighted by atomic mass is 28.4. The largest absolute Gasteiger partial charge is 0.414 e. The van der Waals surface area contributed by atoms with Gasteiger partial charge in [0.15, 0.2) is 8.32 Å². The van der Waals surface area contributed by atoms with E-state index in [1.807, 2.05) is 7.05 Å². The number of halogens is 1. The predicted octanol–water partition coefficient (Wildman–Crippen LogP) is 4.59. The average Bonchev–Trinajstić information content (AvgIpc) is 2.97. The first kappa shape index (κ1) is 23.0. The van der Waals surface area contributed by atoms with Gasteiger partial charge in [-0.05, 0) is 55.2 Å². The monoisotopic (exact) mass is 408 g/mol. The normalized spacial score (nSPS) is 21.2. The standard InChI is InChI=1S/C21H37FN4OSi/c1-15(2)28(16(3)4,17(5)6)27-14-21(11-8-12-25(21)7)20(24)26-13-18(22)9-10-19(26)23/h9-10,13,15-17,23-24H,8,11-12,14H2,1-7H3. The van der Waals surface area contributed by atoms with Gasteiger partial charge in [-0.25, -0.2) is 4.39 Å². The molecule has 0 aromatic carbocycles. The number of hydrogen-bond donors (Lipinski definition) is 2. The zero-order valence-corrected chi connectivity index (χ0v) is 19.5. The number of pyridine rings is 1. The van der Waals surface area contributed by atoms with Gasteiger partial charge in [-0.3, -0.25) is 20.3 Å². The third-order valence-corrected chi connectivity index (χ3v) is 12.7. The van der Waals surface area contributed by atoms with Crippen LogP contribution >= 0.6 is 0 Å². The Bertz CT molecular complexity index is 739. The zero-order valence-electron chi connectivity index (χ0n) is 18.5. The van der Waals surface area contributed by atoms with Crippen LogP contribution in [0.1, 0.15) is 54.4 Å². The Morgan fingerprint density at radius 1 is 1.18 bits per heavy atom. The maximum Gasteiger partial charge on any atom is 0.200 e. The number of nitrogens with one attached hydrogen (secondary N) is 2. The molecular formula is C21H37FN4OSi. The lowest BCUT2D eigenvalue weighted by atomic mass is 9.95. The van der Waals surface area contributed by atoms with Crippen molar-refractivity contribution in [2.45, 2.75) is 76.5 Å². The summed E-state index contributed by atoms with van der Waals surface area (Å²) in [7, 11) is -0.0849. The summed E-state index contributed by atoms with van der Waals surface area (Å²) in [6.07, 6.45) is 2.99. The summed E-state index contributed by atoms with van der Waals surface area (Å²) in [6, 6.07) is 2.67. The lowest BCUT2D eigenvalue weighted by Crippen LogP contribution is -2.59. The minimum Gasteiger partial charge on any atom is -0.414 e. The summed E-state index contributed by atoms with van der Waals surface area (Å²) in [5.74, 6) is -0.205. The molecule has 0 spiro atoms. The van der Waals surface area contributed by atoms with Crippen LogP contribution in [0.15, 0.2) is 18.3 Å². The van der Waals surface area contributed by atoms with Crippen LogP contribution in [-0.2, 0) is 4.43 Å². The van der Waals surface area contributed by atoms with E-state index >= 15 is 0 Å². The SMILES string of the molecule is CC(C)[Si](OCC1(C(=N)n2cc(F)ccc2=N)CCCN1C)(C(C)C)C(C)C. The molecule has 7 heteroatoms. The Hall–Kier alpha value is -1.31. The van der Waals surface area contributed by atoms with E-state index in [1.54, 1.807) is 0 Å². The van der Waals surface area contributed by atoms with E-state index in [9.17, 15) is 4.39 Å². The quantitative estimate of drug-likeness (QED) is 0.394. The van der Waals surface area contributed by atoms with Gasteiger partial charge in [-0.2, -0.15) is 0 Å². The number of hydrogen-bond acceptors (Lipinski definition) is 4. The van der Waals surface area contributed by atoms with E-state index in [0.717, 1.165) is 19.4 Å². The molecule has 28 heavy (non-hydrogen) atoms. The van der Waals surface area contributed by atoms with Crippen molar-refractivity contribution in [3.05, 3.63) is 29.6 Å². The third kappa shape index (κ3) is 3.89. The van der Waals surface area contributed by atoms with Crippen LogP contribution in [0.4, 0.5) is 4.39 Å². The fourth-order valence-electron chi connectivity index (χ4n) is 5.19. The van der Waals surface area contributed by atoms with E-state index in [-0.39, 0.29) is 11.3 Å². The van der Waals surface area contributed by atoms with Gasteiger partial charge in [0.05, 0.1) is 6.61 Å². The molecule has 5 nitrogen and oxygen atoms in total. The van der Waals surface area contributed by atoms with Crippen LogP contribution < -0.4 is 5.49 Å². The van der Waals surface area contributed by atoms with Crippen molar-refractivity contribution in [1.82, 2.24) is 9.47 Å². The molecule has 1 saturated heterocycles. The lowest BCUT2D eigenvalue weighted by molar-refractivity contribution is 0.136. The molecule has 1 fully saturated rings. The van der Waals surface area contributed by atoms with Crippen molar-refractivity contribution in [2.75, 3.05) is 20.2 Å². The summed E-state index contributed by atoms with van der Waals surface area (Å²) in [5, 5.41) is 17.1. The Labute approximate surface area is 170 Å². The van der Waals surface area contributed by atoms with Crippen molar-refractivity contribution in [3.8, 4) is 0 Å². The van der Waals surface area contributed by atoms with Crippen molar-refractivity contribution in [1.29, 1.82) is 10.8 Å². The molecule has 1 aliphatic rings. The highest BCUT2D eigenvalue weighted by molar-refractivity contribution is 6.77. The fourth-order valence-corrected chi connectivity index (χ4v) is 10.7. The van der Waals surface area contributed by atoms with Crippen LogP contribution in [0.2, 0.25) is 16.6 Å². The molecule has 0 aliphatic carbocycles. The van der Waals surface area contributed by atoms with Gasteiger partial charge in [0.2, 0.25) is 0 Å². The smallest absolute Gasteiger partial charge is 0.200 e. The molecule has 2 N–H and O–H groups in total. The van der Waals surface area contributed by atoms with Crippen LogP contribution in [0.3, 0.4) is 0 Å². The molecular weight excluding hydrogens is 371 g/mol. The number of aromatic nitrogens is 1. The second-order valence-corrected chi connectivity index (χ2v) is 14.6. The minimum absolute atomic E-state index is 0.117. The van der Waals surface area contributed by atoms with Gasteiger partial charge in [-0.1, -0.05) is 41.5 Å². The lowest BCUT2D eigenvalue weighted by Gasteiger charge is -2.46. The second kappa shape index (κ2) is 8.59. The summed E-state index contributed by atoms with van der Waals surface area (Å²) in [6.45, 7) is 14.8. The number of likely N-dealkylation sites (N-methyl/N-ethyl adjacent to an activating group) is 1. The van der Waals surface area contributed by atoms with Gasteiger partial charge in [0, 0.05) is 6.20 Å². The van der Waals surface area contributed by atoms with Crippen LogP contribution in [0.5, 0.6) is 0 Å². The minimum atomic E-state index is -2.10. The van der Waals surface area contributed by atoms with Gasteiger partial charge < -0.3 is 4.43 Å². The zero-order chi connectivity index (χ0) is 21.3. The van der Waals surface area contributed by atoms with Gasteiger partial charge >= 0.3 is 0 Å². The van der Waals surface area contributed by atoms with Crippen molar-refractivity contribution >= 4 is 14.2 Å². The second-order valence-electron chi connectivity index (χ2n) is 9.11. The highest BCUT2D eigenvalue weighted by Crippen LogP contribution is 2.43. The van der Waals surface area contributed by atoms with Crippen molar-refractivity contribution in [3.63, 3.8) is 0 Å². The van der Waals surface area contributed by atoms with Crippen LogP contribution in [0.25, 0.3) is 0 Å². The molecule has 1 aromatic rings. The molecule has 158 valence electrons. The average molecular weight is 409 g/mol. The summed E-state index contributed by atoms with van der Waals surface area (Å²) in [5.41, 5.74) is 0.855. The molecule has 2 rings (SSSR count). The fraction of sp³-hybridized carbons (Fsp3) is 0.714. The summed E-state index contributed by atoms with van der Waals surface area (Å²) in [4.78, 5) is 2.16. The molecule has 1 atom stereocenters. The van der Waals surface area contributed by atoms with Crippen molar-refractivity contribution < 1.29 is 8.82 Å².